The van der Waals surface area contributed by atoms with Crippen molar-refractivity contribution in [2.75, 3.05) is 23.3 Å². The number of piperidine rings is 1. The van der Waals surface area contributed by atoms with E-state index >= 15 is 0 Å². The zero-order valence-corrected chi connectivity index (χ0v) is 15.0. The third-order valence-electron chi connectivity index (χ3n) is 5.23. The van der Waals surface area contributed by atoms with Gasteiger partial charge >= 0.3 is 6.18 Å². The molecular weight excluding hydrogens is 353 g/mol. The van der Waals surface area contributed by atoms with Crippen molar-refractivity contribution in [3.63, 3.8) is 0 Å². The molecule has 3 aromatic rings. The maximum Gasteiger partial charge on any atom is 0.391 e. The van der Waals surface area contributed by atoms with Crippen LogP contribution in [-0.4, -0.2) is 29.0 Å². The first-order valence-electron chi connectivity index (χ1n) is 9.01. The molecule has 0 unspecified atom stereocenters. The standard InChI is InChI=1S/C20H21F3N4/c1-26-19-7-4-17(12-14(19)13-24-26)25-16-2-5-18(6-3-16)27-10-8-15(9-11-27)20(21,22)23/h2-7,12-13,15,25H,8-11H2,1H3. The van der Waals surface area contributed by atoms with Gasteiger partial charge in [-0.05, 0) is 55.3 Å². The molecule has 0 saturated carbocycles. The summed E-state index contributed by atoms with van der Waals surface area (Å²) in [5, 5.41) is 8.66. The largest absolute Gasteiger partial charge is 0.391 e. The van der Waals surface area contributed by atoms with E-state index in [1.807, 2.05) is 65.3 Å². The fraction of sp³-hybridized carbons (Fsp3) is 0.350. The zero-order valence-electron chi connectivity index (χ0n) is 15.0. The van der Waals surface area contributed by atoms with Crippen LogP contribution < -0.4 is 10.2 Å². The molecule has 0 atom stereocenters. The quantitative estimate of drug-likeness (QED) is 0.693. The number of alkyl halides is 3. The van der Waals surface area contributed by atoms with E-state index in [0.29, 0.717) is 13.1 Å². The summed E-state index contributed by atoms with van der Waals surface area (Å²) >= 11 is 0. The van der Waals surface area contributed by atoms with E-state index in [0.717, 1.165) is 28.0 Å². The summed E-state index contributed by atoms with van der Waals surface area (Å²) in [7, 11) is 1.91. The monoisotopic (exact) mass is 374 g/mol. The number of nitrogens with one attached hydrogen (secondary N) is 1. The summed E-state index contributed by atoms with van der Waals surface area (Å²) in [6, 6.07) is 13.9. The third-order valence-corrected chi connectivity index (χ3v) is 5.23. The number of hydrogen-bond donors (Lipinski definition) is 1. The highest BCUT2D eigenvalue weighted by Gasteiger charge is 2.41. The Balaban J connectivity index is 1.41. The smallest absolute Gasteiger partial charge is 0.372 e. The maximum atomic E-state index is 12.8. The lowest BCUT2D eigenvalue weighted by atomic mass is 9.96. The molecule has 0 radical (unpaired) electrons. The molecule has 0 spiro atoms. The second kappa shape index (κ2) is 6.79. The minimum absolute atomic E-state index is 0.161. The van der Waals surface area contributed by atoms with Crippen LogP contribution in [0.25, 0.3) is 10.9 Å². The maximum absolute atomic E-state index is 12.8. The van der Waals surface area contributed by atoms with Crippen molar-refractivity contribution in [3.05, 3.63) is 48.7 Å². The van der Waals surface area contributed by atoms with Gasteiger partial charge in [0.2, 0.25) is 0 Å². The van der Waals surface area contributed by atoms with Crippen molar-refractivity contribution >= 4 is 28.0 Å². The van der Waals surface area contributed by atoms with E-state index in [1.165, 1.54) is 0 Å². The lowest BCUT2D eigenvalue weighted by Crippen LogP contribution is -2.38. The van der Waals surface area contributed by atoms with Crippen molar-refractivity contribution < 1.29 is 13.2 Å². The molecule has 1 fully saturated rings. The van der Waals surface area contributed by atoms with Crippen LogP contribution in [-0.2, 0) is 7.05 Å². The van der Waals surface area contributed by atoms with Gasteiger partial charge in [-0.3, -0.25) is 4.68 Å². The SMILES string of the molecule is Cn1ncc2cc(Nc3ccc(N4CCC(C(F)(F)F)CC4)cc3)ccc21. The molecule has 2 aromatic carbocycles. The number of hydrogen-bond acceptors (Lipinski definition) is 3. The van der Waals surface area contributed by atoms with Crippen LogP contribution in [0.3, 0.4) is 0 Å². The molecule has 27 heavy (non-hydrogen) atoms. The highest BCUT2D eigenvalue weighted by molar-refractivity contribution is 5.83. The molecule has 1 aromatic heterocycles. The molecule has 2 heterocycles. The van der Waals surface area contributed by atoms with E-state index in [-0.39, 0.29) is 12.8 Å². The normalized spacial score (nSPS) is 16.1. The summed E-state index contributed by atoms with van der Waals surface area (Å²) < 4.78 is 40.2. The molecule has 1 aliphatic rings. The molecule has 1 N–H and O–H groups in total. The number of aryl methyl sites for hydroxylation is 1. The highest BCUT2D eigenvalue weighted by Crippen LogP contribution is 2.35. The first kappa shape index (κ1) is 17.7. The van der Waals surface area contributed by atoms with Crippen LogP contribution in [0.4, 0.5) is 30.2 Å². The Morgan fingerprint density at radius 3 is 2.33 bits per heavy atom. The predicted octanol–water partition coefficient (Wildman–Crippen LogP) is 5.10. The van der Waals surface area contributed by atoms with Gasteiger partial charge in [0, 0.05) is 42.6 Å². The molecule has 7 heteroatoms. The number of aromatic nitrogens is 2. The van der Waals surface area contributed by atoms with Crippen molar-refractivity contribution in [1.29, 1.82) is 0 Å². The van der Waals surface area contributed by atoms with Crippen LogP contribution in [0.2, 0.25) is 0 Å². The molecule has 1 aliphatic heterocycles. The molecule has 0 amide bonds. The van der Waals surface area contributed by atoms with Crippen molar-refractivity contribution in [2.24, 2.45) is 13.0 Å². The number of halogens is 3. The number of rotatable bonds is 3. The van der Waals surface area contributed by atoms with Gasteiger partial charge in [-0.15, -0.1) is 0 Å². The van der Waals surface area contributed by atoms with Gasteiger partial charge in [-0.1, -0.05) is 0 Å². The number of anilines is 3. The summed E-state index contributed by atoms with van der Waals surface area (Å²) in [4.78, 5) is 2.02. The fourth-order valence-electron chi connectivity index (χ4n) is 3.63. The van der Waals surface area contributed by atoms with Crippen molar-refractivity contribution in [1.82, 2.24) is 9.78 Å². The molecule has 142 valence electrons. The van der Waals surface area contributed by atoms with Gasteiger partial charge in [0.1, 0.15) is 0 Å². The minimum atomic E-state index is -4.07. The lowest BCUT2D eigenvalue weighted by molar-refractivity contribution is -0.179. The van der Waals surface area contributed by atoms with Gasteiger partial charge in [0.05, 0.1) is 17.6 Å². The van der Waals surface area contributed by atoms with Crippen LogP contribution in [0.5, 0.6) is 0 Å². The second-order valence-electron chi connectivity index (χ2n) is 7.02. The first-order valence-corrected chi connectivity index (χ1v) is 9.01. The number of nitrogens with zero attached hydrogens (tertiary/aromatic N) is 3. The molecular formula is C20H21F3N4. The van der Waals surface area contributed by atoms with Gasteiger partial charge in [-0.25, -0.2) is 0 Å². The third kappa shape index (κ3) is 3.72. The number of fused-ring (bicyclic) bond motifs is 1. The minimum Gasteiger partial charge on any atom is -0.372 e. The summed E-state index contributed by atoms with van der Waals surface area (Å²) in [5.41, 5.74) is 3.93. The number of benzene rings is 2. The average Bonchev–Trinajstić information content (AvgIpc) is 3.02. The predicted molar refractivity (Wildman–Crippen MR) is 101 cm³/mol. The summed E-state index contributed by atoms with van der Waals surface area (Å²) in [6.07, 6.45) is -1.92. The first-order chi connectivity index (χ1) is 12.9. The van der Waals surface area contributed by atoms with Gasteiger partial charge in [0.25, 0.3) is 0 Å². The van der Waals surface area contributed by atoms with E-state index < -0.39 is 12.1 Å². The Hall–Kier alpha value is -2.70. The van der Waals surface area contributed by atoms with E-state index in [4.69, 9.17) is 0 Å². The van der Waals surface area contributed by atoms with Crippen LogP contribution >= 0.6 is 0 Å². The topological polar surface area (TPSA) is 33.1 Å². The summed E-state index contributed by atoms with van der Waals surface area (Å²) in [5.74, 6) is -1.17. The Morgan fingerprint density at radius 2 is 1.67 bits per heavy atom. The average molecular weight is 374 g/mol. The van der Waals surface area contributed by atoms with E-state index in [2.05, 4.69) is 10.4 Å². The fourth-order valence-corrected chi connectivity index (χ4v) is 3.63. The van der Waals surface area contributed by atoms with Crippen molar-refractivity contribution in [3.8, 4) is 0 Å². The molecule has 4 nitrogen and oxygen atoms in total. The molecule has 4 rings (SSSR count). The lowest BCUT2D eigenvalue weighted by Gasteiger charge is -2.34. The molecule has 1 saturated heterocycles. The van der Waals surface area contributed by atoms with E-state index in [9.17, 15) is 13.2 Å². The van der Waals surface area contributed by atoms with Gasteiger partial charge in [0.15, 0.2) is 0 Å². The van der Waals surface area contributed by atoms with Crippen LogP contribution in [0.1, 0.15) is 12.8 Å². The van der Waals surface area contributed by atoms with E-state index in [1.54, 1.807) is 0 Å². The van der Waals surface area contributed by atoms with Gasteiger partial charge in [-0.2, -0.15) is 18.3 Å². The Morgan fingerprint density at radius 1 is 1.00 bits per heavy atom. The van der Waals surface area contributed by atoms with Crippen LogP contribution in [0.15, 0.2) is 48.7 Å². The zero-order chi connectivity index (χ0) is 19.0. The Labute approximate surface area is 155 Å². The van der Waals surface area contributed by atoms with Gasteiger partial charge < -0.3 is 10.2 Å². The highest BCUT2D eigenvalue weighted by atomic mass is 19.4. The Kier molecular flexibility index (Phi) is 4.45. The second-order valence-corrected chi connectivity index (χ2v) is 7.02. The van der Waals surface area contributed by atoms with Crippen LogP contribution in [0, 0.1) is 5.92 Å². The molecule has 0 bridgehead atoms. The molecule has 0 aliphatic carbocycles. The Bertz CT molecular complexity index is 923. The van der Waals surface area contributed by atoms with Crippen molar-refractivity contribution in [2.45, 2.75) is 19.0 Å². The summed E-state index contributed by atoms with van der Waals surface area (Å²) in [6.45, 7) is 0.878.